The Morgan fingerprint density at radius 3 is 2.43 bits per heavy atom. The lowest BCUT2D eigenvalue weighted by molar-refractivity contribution is -0.127. The van der Waals surface area contributed by atoms with Gasteiger partial charge in [-0.05, 0) is 43.4 Å². The van der Waals surface area contributed by atoms with E-state index in [-0.39, 0.29) is 11.9 Å². The number of halogens is 1. The van der Waals surface area contributed by atoms with Gasteiger partial charge in [-0.3, -0.25) is 9.69 Å². The average Bonchev–Trinajstić information content (AvgIpc) is 3.00. The molecule has 1 aliphatic carbocycles. The Bertz CT molecular complexity index is 532. The smallest absolute Gasteiger partial charge is 0.240 e. The molecule has 1 saturated carbocycles. The molecule has 1 saturated heterocycles. The quantitative estimate of drug-likeness (QED) is 0.889. The van der Waals surface area contributed by atoms with Gasteiger partial charge in [-0.1, -0.05) is 36.6 Å². The summed E-state index contributed by atoms with van der Waals surface area (Å²) in [5.74, 6) is 0.0613. The highest BCUT2D eigenvalue weighted by atomic mass is 35.5. The van der Waals surface area contributed by atoms with Crippen molar-refractivity contribution in [2.75, 3.05) is 13.1 Å². The number of hydrogen-bond acceptors (Lipinski definition) is 3. The van der Waals surface area contributed by atoms with Crippen molar-refractivity contribution in [3.63, 3.8) is 0 Å². The summed E-state index contributed by atoms with van der Waals surface area (Å²) in [6, 6.07) is 8.30. The predicted molar refractivity (Wildman–Crippen MR) is 93.3 cm³/mol. The van der Waals surface area contributed by atoms with Gasteiger partial charge in [-0.15, -0.1) is 0 Å². The molecule has 3 rings (SSSR count). The second kappa shape index (κ2) is 7.20. The number of nitrogens with zero attached hydrogens (tertiary/aromatic N) is 1. The van der Waals surface area contributed by atoms with Crippen LogP contribution in [-0.2, 0) is 11.3 Å². The van der Waals surface area contributed by atoms with Gasteiger partial charge in [0.05, 0.1) is 5.54 Å². The van der Waals surface area contributed by atoms with E-state index < -0.39 is 5.54 Å². The van der Waals surface area contributed by atoms with Crippen molar-refractivity contribution >= 4 is 17.5 Å². The van der Waals surface area contributed by atoms with E-state index >= 15 is 0 Å². The summed E-state index contributed by atoms with van der Waals surface area (Å²) < 4.78 is 0. The zero-order valence-electron chi connectivity index (χ0n) is 13.6. The van der Waals surface area contributed by atoms with Gasteiger partial charge in [-0.2, -0.15) is 0 Å². The molecule has 0 bridgehead atoms. The Balaban J connectivity index is 1.45. The van der Waals surface area contributed by atoms with E-state index in [1.165, 1.54) is 5.56 Å². The summed E-state index contributed by atoms with van der Waals surface area (Å²) in [5.41, 5.74) is 6.90. The number of rotatable bonds is 4. The second-order valence-corrected chi connectivity index (χ2v) is 7.45. The van der Waals surface area contributed by atoms with E-state index in [0.29, 0.717) is 0 Å². The SMILES string of the molecule is NC1(C(=O)NC2CCN(Cc3ccc(Cl)cc3)CC2)CCCC1. The van der Waals surface area contributed by atoms with Crippen LogP contribution in [0, 0.1) is 0 Å². The van der Waals surface area contributed by atoms with Gasteiger partial charge in [-0.25, -0.2) is 0 Å². The summed E-state index contributed by atoms with van der Waals surface area (Å²) >= 11 is 5.92. The molecule has 3 N–H and O–H groups in total. The van der Waals surface area contributed by atoms with E-state index in [1.54, 1.807) is 0 Å². The van der Waals surface area contributed by atoms with Crippen LogP contribution in [-0.4, -0.2) is 35.5 Å². The van der Waals surface area contributed by atoms with Gasteiger partial charge < -0.3 is 11.1 Å². The van der Waals surface area contributed by atoms with Crippen molar-refractivity contribution in [1.82, 2.24) is 10.2 Å². The van der Waals surface area contributed by atoms with Crippen LogP contribution in [0.3, 0.4) is 0 Å². The zero-order valence-corrected chi connectivity index (χ0v) is 14.3. The molecule has 1 amide bonds. The van der Waals surface area contributed by atoms with E-state index in [2.05, 4.69) is 22.3 Å². The maximum Gasteiger partial charge on any atom is 0.240 e. The largest absolute Gasteiger partial charge is 0.352 e. The normalized spacial score (nSPS) is 22.2. The highest BCUT2D eigenvalue weighted by molar-refractivity contribution is 6.30. The molecule has 1 aromatic carbocycles. The molecule has 2 fully saturated rings. The molecule has 0 aromatic heterocycles. The number of nitrogens with one attached hydrogen (secondary N) is 1. The molecule has 0 atom stereocenters. The third kappa shape index (κ3) is 4.25. The van der Waals surface area contributed by atoms with Crippen LogP contribution >= 0.6 is 11.6 Å². The van der Waals surface area contributed by atoms with Gasteiger partial charge in [0.15, 0.2) is 0 Å². The third-order valence-electron chi connectivity index (χ3n) is 5.19. The first-order valence-electron chi connectivity index (χ1n) is 8.62. The van der Waals surface area contributed by atoms with Crippen molar-refractivity contribution in [2.24, 2.45) is 5.73 Å². The number of piperidine rings is 1. The van der Waals surface area contributed by atoms with Crippen LogP contribution in [0.25, 0.3) is 0 Å². The van der Waals surface area contributed by atoms with Crippen molar-refractivity contribution in [1.29, 1.82) is 0 Å². The Hall–Kier alpha value is -1.10. The van der Waals surface area contributed by atoms with Gasteiger partial charge in [0.2, 0.25) is 5.91 Å². The first-order chi connectivity index (χ1) is 11.0. The first kappa shape index (κ1) is 16.7. The minimum absolute atomic E-state index is 0.0613. The van der Waals surface area contributed by atoms with Crippen LogP contribution in [0.5, 0.6) is 0 Å². The van der Waals surface area contributed by atoms with Crippen molar-refractivity contribution < 1.29 is 4.79 Å². The van der Waals surface area contributed by atoms with Crippen LogP contribution in [0.4, 0.5) is 0 Å². The van der Waals surface area contributed by atoms with E-state index in [9.17, 15) is 4.79 Å². The fraction of sp³-hybridized carbons (Fsp3) is 0.611. The Labute approximate surface area is 143 Å². The monoisotopic (exact) mass is 335 g/mol. The highest BCUT2D eigenvalue weighted by Gasteiger charge is 2.38. The molecule has 0 unspecified atom stereocenters. The Kier molecular flexibility index (Phi) is 5.24. The molecule has 4 nitrogen and oxygen atoms in total. The number of carbonyl (C=O) groups is 1. The summed E-state index contributed by atoms with van der Waals surface area (Å²) in [7, 11) is 0. The summed E-state index contributed by atoms with van der Waals surface area (Å²) in [5, 5.41) is 3.96. The van der Waals surface area contributed by atoms with E-state index in [0.717, 1.165) is 63.2 Å². The summed E-state index contributed by atoms with van der Waals surface area (Å²) in [6.45, 7) is 2.95. The topological polar surface area (TPSA) is 58.4 Å². The highest BCUT2D eigenvalue weighted by Crippen LogP contribution is 2.27. The molecule has 0 radical (unpaired) electrons. The van der Waals surface area contributed by atoms with E-state index in [4.69, 9.17) is 17.3 Å². The molecule has 126 valence electrons. The van der Waals surface area contributed by atoms with Gasteiger partial charge in [0.25, 0.3) is 0 Å². The lowest BCUT2D eigenvalue weighted by Gasteiger charge is -2.34. The Morgan fingerprint density at radius 2 is 1.83 bits per heavy atom. The summed E-state index contributed by atoms with van der Waals surface area (Å²) in [4.78, 5) is 14.8. The second-order valence-electron chi connectivity index (χ2n) is 7.01. The molecule has 2 aliphatic rings. The van der Waals surface area contributed by atoms with Gasteiger partial charge in [0, 0.05) is 30.7 Å². The minimum atomic E-state index is -0.611. The number of hydrogen-bond donors (Lipinski definition) is 2. The molecule has 1 aromatic rings. The third-order valence-corrected chi connectivity index (χ3v) is 5.44. The number of amides is 1. The minimum Gasteiger partial charge on any atom is -0.352 e. The van der Waals surface area contributed by atoms with Crippen molar-refractivity contribution in [2.45, 2.75) is 56.7 Å². The Morgan fingerprint density at radius 1 is 1.22 bits per heavy atom. The molecule has 23 heavy (non-hydrogen) atoms. The fourth-order valence-electron chi connectivity index (χ4n) is 3.65. The number of nitrogens with two attached hydrogens (primary N) is 1. The molecular formula is C18H26ClN3O. The first-order valence-corrected chi connectivity index (χ1v) is 9.00. The van der Waals surface area contributed by atoms with Crippen molar-refractivity contribution in [3.05, 3.63) is 34.9 Å². The molecule has 5 heteroatoms. The van der Waals surface area contributed by atoms with Crippen molar-refractivity contribution in [3.8, 4) is 0 Å². The lowest BCUT2D eigenvalue weighted by atomic mass is 9.96. The van der Waals surface area contributed by atoms with Gasteiger partial charge >= 0.3 is 0 Å². The lowest BCUT2D eigenvalue weighted by Crippen LogP contribution is -2.56. The molecule has 1 heterocycles. The molecular weight excluding hydrogens is 310 g/mol. The molecule has 1 aliphatic heterocycles. The fourth-order valence-corrected chi connectivity index (χ4v) is 3.77. The number of carbonyl (C=O) groups excluding carboxylic acids is 1. The standard InChI is InChI=1S/C18H26ClN3O/c19-15-5-3-14(4-6-15)13-22-11-7-16(8-12-22)21-17(23)18(20)9-1-2-10-18/h3-6,16H,1-2,7-13,20H2,(H,21,23). The maximum atomic E-state index is 12.4. The van der Waals surface area contributed by atoms with Gasteiger partial charge in [0.1, 0.15) is 0 Å². The van der Waals surface area contributed by atoms with Crippen LogP contribution in [0.2, 0.25) is 5.02 Å². The summed E-state index contributed by atoms with van der Waals surface area (Å²) in [6.07, 6.45) is 5.79. The number of benzene rings is 1. The maximum absolute atomic E-state index is 12.4. The van der Waals surface area contributed by atoms with Crippen LogP contribution < -0.4 is 11.1 Å². The van der Waals surface area contributed by atoms with Crippen LogP contribution in [0.1, 0.15) is 44.1 Å². The van der Waals surface area contributed by atoms with Crippen LogP contribution in [0.15, 0.2) is 24.3 Å². The van der Waals surface area contributed by atoms with E-state index in [1.807, 2.05) is 12.1 Å². The molecule has 0 spiro atoms. The number of likely N-dealkylation sites (tertiary alicyclic amines) is 1. The predicted octanol–water partition coefficient (Wildman–Crippen LogP) is 2.69. The zero-order chi connectivity index (χ0) is 16.3. The average molecular weight is 336 g/mol.